The molecule has 0 saturated carbocycles. The first kappa shape index (κ1) is 44.4. The van der Waals surface area contributed by atoms with Gasteiger partial charge in [0, 0.05) is 66.4 Å². The van der Waals surface area contributed by atoms with Crippen LogP contribution in [-0.4, -0.2) is 133 Å². The summed E-state index contributed by atoms with van der Waals surface area (Å²) >= 11 is 0. The first-order chi connectivity index (χ1) is 24.8. The average Bonchev–Trinajstić information content (AvgIpc) is 3.03. The number of likely N-dealkylation sites (tertiary alicyclic amines) is 2. The maximum absolute atomic E-state index is 13.8. The molecule has 12 nitrogen and oxygen atoms in total. The summed E-state index contributed by atoms with van der Waals surface area (Å²) in [5, 5.41) is 28.6. The van der Waals surface area contributed by atoms with E-state index in [2.05, 4.69) is 48.1 Å². The Bertz CT molecular complexity index is 1670. The van der Waals surface area contributed by atoms with Crippen LogP contribution in [0.15, 0.2) is 60.7 Å². The van der Waals surface area contributed by atoms with Crippen molar-refractivity contribution in [3.8, 4) is 11.5 Å². The Morgan fingerprint density at radius 2 is 0.981 bits per heavy atom. The van der Waals surface area contributed by atoms with Crippen LogP contribution in [0.1, 0.15) is 81.1 Å². The third-order valence-corrected chi connectivity index (χ3v) is 16.0. The summed E-state index contributed by atoms with van der Waals surface area (Å²) in [5.41, 5.74) is -1.90. The molecule has 2 fully saturated rings. The fourth-order valence-electron chi connectivity index (χ4n) is 9.21. The molecule has 0 spiro atoms. The van der Waals surface area contributed by atoms with Crippen molar-refractivity contribution in [3.63, 3.8) is 0 Å². The van der Waals surface area contributed by atoms with Gasteiger partial charge in [-0.25, -0.2) is 16.8 Å². The van der Waals surface area contributed by atoms with E-state index < -0.39 is 64.3 Å². The molecule has 0 aromatic heterocycles. The number of para-hydroxylation sites is 2. The van der Waals surface area contributed by atoms with E-state index in [-0.39, 0.29) is 25.8 Å². The molecule has 0 bridgehead atoms. The number of β-amino-alcohol motifs (C(OH)–C–C–N with tert-alkyl or cyclic N) is 2. The second-order valence-corrected chi connectivity index (χ2v) is 22.8. The van der Waals surface area contributed by atoms with Gasteiger partial charge < -0.3 is 25.0 Å². The highest BCUT2D eigenvalue weighted by Gasteiger charge is 2.55. The fraction of sp³-hybridized carbons (Fsp3) is 0.700. The fourth-order valence-corrected chi connectivity index (χ4v) is 12.9. The molecule has 14 heteroatoms. The zero-order valence-electron chi connectivity index (χ0n) is 34.0. The summed E-state index contributed by atoms with van der Waals surface area (Å²) in [6.45, 7) is 17.1. The lowest BCUT2D eigenvalue weighted by Gasteiger charge is -2.57. The predicted octanol–water partition coefficient (Wildman–Crippen LogP) is 3.83. The number of sulfone groups is 2. The van der Waals surface area contributed by atoms with Crippen LogP contribution in [0.3, 0.4) is 0 Å². The quantitative estimate of drug-likeness (QED) is 0.184. The minimum atomic E-state index is -4.23. The molecule has 0 aliphatic carbocycles. The van der Waals surface area contributed by atoms with Gasteiger partial charge in [-0.2, -0.15) is 0 Å². The van der Waals surface area contributed by atoms with Gasteiger partial charge in [0.15, 0.2) is 19.7 Å². The van der Waals surface area contributed by atoms with Crippen molar-refractivity contribution in [1.82, 2.24) is 20.4 Å². The van der Waals surface area contributed by atoms with E-state index in [0.717, 1.165) is 12.5 Å². The van der Waals surface area contributed by atoms with E-state index in [9.17, 15) is 27.0 Å². The molecule has 2 heterocycles. The molecule has 2 aromatic rings. The average molecular weight is 795 g/mol. The SMILES string of the molecule is CC1(C)CC(NCC(NC2CC(C)(C)N(CC(O)COc3ccccc3)C(C)(C)C2)(S(C)(=O)=O)S(C)(=O)=O)CC(C)(C)N1CC(O)COc1ccccc1. The molecule has 306 valence electrons. The maximum atomic E-state index is 13.8. The van der Waals surface area contributed by atoms with Gasteiger partial charge in [0.2, 0.25) is 4.20 Å². The Morgan fingerprint density at radius 3 is 1.31 bits per heavy atom. The van der Waals surface area contributed by atoms with E-state index in [1.54, 1.807) is 0 Å². The van der Waals surface area contributed by atoms with E-state index in [1.165, 1.54) is 0 Å². The number of aliphatic hydroxyl groups excluding tert-OH is 2. The van der Waals surface area contributed by atoms with Crippen LogP contribution < -0.4 is 20.1 Å². The number of aliphatic hydroxyl groups is 2. The van der Waals surface area contributed by atoms with Crippen molar-refractivity contribution in [3.05, 3.63) is 60.7 Å². The summed E-state index contributed by atoms with van der Waals surface area (Å²) < 4.78 is 64.4. The maximum Gasteiger partial charge on any atom is 0.235 e. The van der Waals surface area contributed by atoms with Crippen LogP contribution >= 0.6 is 0 Å². The van der Waals surface area contributed by atoms with Crippen molar-refractivity contribution in [2.75, 3.05) is 45.4 Å². The van der Waals surface area contributed by atoms with Gasteiger partial charge in [0.05, 0.1) is 0 Å². The van der Waals surface area contributed by atoms with Crippen LogP contribution in [-0.2, 0) is 19.7 Å². The van der Waals surface area contributed by atoms with E-state index in [4.69, 9.17) is 9.47 Å². The molecule has 2 aliphatic heterocycles. The number of hydrogen-bond donors (Lipinski definition) is 4. The zero-order valence-corrected chi connectivity index (χ0v) is 35.6. The first-order valence-electron chi connectivity index (χ1n) is 19.0. The molecule has 2 aromatic carbocycles. The van der Waals surface area contributed by atoms with Crippen LogP contribution in [0.5, 0.6) is 11.5 Å². The van der Waals surface area contributed by atoms with Crippen LogP contribution in [0, 0.1) is 0 Å². The molecule has 2 unspecified atom stereocenters. The molecule has 0 radical (unpaired) electrons. The molecule has 4 N–H and O–H groups in total. The third kappa shape index (κ3) is 10.8. The van der Waals surface area contributed by atoms with Gasteiger partial charge in [0.1, 0.15) is 36.9 Å². The van der Waals surface area contributed by atoms with E-state index >= 15 is 0 Å². The number of benzene rings is 2. The standard InChI is InChI=1S/C40H66N4O8S2/c1-36(2)21-30(22-37(3,4)43(36)25-32(45)27-51-34-17-13-11-14-18-34)41-29-40(53(9,47)48,54(10,49)50)42-31-23-38(5,6)44(39(7,8)24-31)26-33(46)28-52-35-19-15-12-16-20-35/h11-20,30-33,41-42,45-46H,21-29H2,1-10H3. The van der Waals surface area contributed by atoms with Crippen LogP contribution in [0.4, 0.5) is 0 Å². The molecule has 2 aliphatic rings. The number of hydrogen-bond acceptors (Lipinski definition) is 12. The second kappa shape index (κ2) is 16.7. The van der Waals surface area contributed by atoms with Gasteiger partial charge in [-0.1, -0.05) is 36.4 Å². The Labute approximate surface area is 324 Å². The highest BCUT2D eigenvalue weighted by molar-refractivity contribution is 8.09. The molecular formula is C40H66N4O8S2. The van der Waals surface area contributed by atoms with Crippen molar-refractivity contribution >= 4 is 19.7 Å². The normalized spacial score (nSPS) is 22.4. The van der Waals surface area contributed by atoms with Gasteiger partial charge in [-0.3, -0.25) is 15.1 Å². The summed E-state index contributed by atoms with van der Waals surface area (Å²) in [4.78, 5) is 4.47. The Morgan fingerprint density at radius 1 is 0.648 bits per heavy atom. The van der Waals surface area contributed by atoms with Crippen molar-refractivity contribution in [2.24, 2.45) is 0 Å². The van der Waals surface area contributed by atoms with Crippen molar-refractivity contribution in [2.45, 2.75) is 132 Å². The molecule has 0 amide bonds. The molecular weight excluding hydrogens is 729 g/mol. The Balaban J connectivity index is 1.47. The van der Waals surface area contributed by atoms with E-state index in [1.807, 2.05) is 88.4 Å². The van der Waals surface area contributed by atoms with Gasteiger partial charge in [-0.05, 0) is 105 Å². The summed E-state index contributed by atoms with van der Waals surface area (Å²) in [7, 11) is -8.46. The highest BCUT2D eigenvalue weighted by Crippen LogP contribution is 2.41. The van der Waals surface area contributed by atoms with Crippen LogP contribution in [0.25, 0.3) is 0 Å². The first-order valence-corrected chi connectivity index (χ1v) is 22.7. The largest absolute Gasteiger partial charge is 0.491 e. The lowest BCUT2D eigenvalue weighted by molar-refractivity contribution is -0.0730. The summed E-state index contributed by atoms with van der Waals surface area (Å²) in [5.74, 6) is 1.36. The number of ether oxygens (including phenoxy) is 2. The monoisotopic (exact) mass is 794 g/mol. The van der Waals surface area contributed by atoms with E-state index in [0.29, 0.717) is 50.3 Å². The van der Waals surface area contributed by atoms with Crippen LogP contribution in [0.2, 0.25) is 0 Å². The number of rotatable bonds is 17. The number of piperidine rings is 2. The highest BCUT2D eigenvalue weighted by atomic mass is 32.3. The molecule has 54 heavy (non-hydrogen) atoms. The Hall–Kier alpha value is -2.30. The molecule has 2 saturated heterocycles. The minimum Gasteiger partial charge on any atom is -0.491 e. The van der Waals surface area contributed by atoms with Crippen molar-refractivity contribution in [1.29, 1.82) is 0 Å². The van der Waals surface area contributed by atoms with Gasteiger partial charge in [0.25, 0.3) is 0 Å². The van der Waals surface area contributed by atoms with Gasteiger partial charge >= 0.3 is 0 Å². The number of nitrogens with one attached hydrogen (secondary N) is 2. The smallest absolute Gasteiger partial charge is 0.235 e. The van der Waals surface area contributed by atoms with Crippen molar-refractivity contribution < 1.29 is 36.5 Å². The summed E-state index contributed by atoms with van der Waals surface area (Å²) in [6, 6.07) is 18.0. The predicted molar refractivity (Wildman–Crippen MR) is 215 cm³/mol. The number of nitrogens with zero attached hydrogens (tertiary/aromatic N) is 2. The minimum absolute atomic E-state index is 0.112. The topological polar surface area (TPSA) is 158 Å². The Kier molecular flexibility index (Phi) is 13.7. The lowest BCUT2D eigenvalue weighted by Crippen LogP contribution is -2.72. The zero-order chi connectivity index (χ0) is 40.4. The lowest BCUT2D eigenvalue weighted by atomic mass is 9.76. The summed E-state index contributed by atoms with van der Waals surface area (Å²) in [6.07, 6.45) is 2.55. The second-order valence-electron chi connectivity index (χ2n) is 18.1. The third-order valence-electron chi connectivity index (χ3n) is 11.3. The molecule has 4 rings (SSSR count). The van der Waals surface area contributed by atoms with Gasteiger partial charge in [-0.15, -0.1) is 0 Å². The molecule has 2 atom stereocenters.